The van der Waals surface area contributed by atoms with Crippen LogP contribution in [0, 0.1) is 12.7 Å². The number of nitrogens with one attached hydrogen (secondary N) is 1. The average molecular weight is 515 g/mol. The number of hydrogen-bond donors (Lipinski definition) is 3. The molecule has 0 saturated carbocycles. The van der Waals surface area contributed by atoms with E-state index < -0.39 is 36.1 Å². The van der Waals surface area contributed by atoms with E-state index in [1.165, 1.54) is 18.2 Å². The molecular weight excluding hydrogens is 485 g/mol. The van der Waals surface area contributed by atoms with Crippen molar-refractivity contribution in [3.63, 3.8) is 0 Å². The van der Waals surface area contributed by atoms with E-state index in [4.69, 9.17) is 11.5 Å². The van der Waals surface area contributed by atoms with Gasteiger partial charge < -0.3 is 16.8 Å². The fraction of sp³-hybridized carbons (Fsp3) is 0.346. The third-order valence-corrected chi connectivity index (χ3v) is 6.65. The predicted molar refractivity (Wildman–Crippen MR) is 134 cm³/mol. The third kappa shape index (κ3) is 5.17. The highest BCUT2D eigenvalue weighted by molar-refractivity contribution is 6.03. The van der Waals surface area contributed by atoms with E-state index in [1.807, 2.05) is 13.8 Å². The highest BCUT2D eigenvalue weighted by atomic mass is 19.3. The zero-order chi connectivity index (χ0) is 27.1. The number of benzene rings is 2. The van der Waals surface area contributed by atoms with Crippen LogP contribution in [0.15, 0.2) is 42.5 Å². The zero-order valence-electron chi connectivity index (χ0n) is 20.8. The van der Waals surface area contributed by atoms with Crippen LogP contribution in [0.1, 0.15) is 51.7 Å². The Kier molecular flexibility index (Phi) is 7.00. The maximum atomic E-state index is 14.9. The molecule has 1 aromatic heterocycles. The first-order chi connectivity index (χ1) is 17.4. The standard InChI is InChI=1S/C26H29F3N6O2/c1-14(2)34-12-20(26(28,29)13-34)35-23(30)21(24(31)36)22(33-35)17-7-5-16(6-8-17)11-32-25(37)19-10-18(27)9-4-15(19)3/h4-10,14,20H,11-13,30H2,1-3H3,(H2,31,36)(H,32,37). The predicted octanol–water partition coefficient (Wildman–Crippen LogP) is 3.51. The van der Waals surface area contributed by atoms with Crippen LogP contribution in [0.4, 0.5) is 19.0 Å². The first-order valence-electron chi connectivity index (χ1n) is 11.8. The SMILES string of the molecule is Cc1ccc(F)cc1C(=O)NCc1ccc(-c2nn(C3CN(C(C)C)CC3(F)F)c(N)c2C(N)=O)cc1. The molecule has 4 rings (SSSR count). The third-order valence-electron chi connectivity index (χ3n) is 6.65. The number of nitrogens with zero attached hydrogens (tertiary/aromatic N) is 3. The van der Waals surface area contributed by atoms with E-state index in [9.17, 15) is 22.8 Å². The number of nitrogens with two attached hydrogens (primary N) is 2. The van der Waals surface area contributed by atoms with Crippen molar-refractivity contribution in [2.45, 2.75) is 45.3 Å². The van der Waals surface area contributed by atoms with Crippen molar-refractivity contribution in [3.8, 4) is 11.3 Å². The van der Waals surface area contributed by atoms with Gasteiger partial charge in [-0.05, 0) is 44.0 Å². The summed E-state index contributed by atoms with van der Waals surface area (Å²) in [5, 5.41) is 7.05. The number of primary amides is 1. The van der Waals surface area contributed by atoms with Crippen molar-refractivity contribution in [2.24, 2.45) is 5.73 Å². The second kappa shape index (κ2) is 9.89. The smallest absolute Gasteiger partial charge is 0.283 e. The molecular formula is C26H29F3N6O2. The van der Waals surface area contributed by atoms with Gasteiger partial charge in [-0.25, -0.2) is 17.9 Å². The monoisotopic (exact) mass is 514 g/mol. The number of rotatable bonds is 7. The summed E-state index contributed by atoms with van der Waals surface area (Å²) in [6.45, 7) is 5.12. The minimum atomic E-state index is -3.10. The molecule has 196 valence electrons. The molecule has 5 N–H and O–H groups in total. The Morgan fingerprint density at radius 2 is 1.86 bits per heavy atom. The highest BCUT2D eigenvalue weighted by Gasteiger charge is 2.51. The minimum Gasteiger partial charge on any atom is -0.383 e. The van der Waals surface area contributed by atoms with E-state index in [-0.39, 0.29) is 41.8 Å². The van der Waals surface area contributed by atoms with E-state index >= 15 is 0 Å². The Balaban J connectivity index is 1.57. The zero-order valence-corrected chi connectivity index (χ0v) is 20.8. The van der Waals surface area contributed by atoms with Crippen molar-refractivity contribution < 1.29 is 22.8 Å². The summed E-state index contributed by atoms with van der Waals surface area (Å²) in [4.78, 5) is 26.3. The molecule has 2 heterocycles. The molecule has 3 aromatic rings. The second-order valence-corrected chi connectivity index (χ2v) is 9.56. The summed E-state index contributed by atoms with van der Waals surface area (Å²) >= 11 is 0. The van der Waals surface area contributed by atoms with Crippen molar-refractivity contribution in [1.82, 2.24) is 20.0 Å². The van der Waals surface area contributed by atoms with Gasteiger partial charge in [-0.2, -0.15) is 5.10 Å². The highest BCUT2D eigenvalue weighted by Crippen LogP contribution is 2.40. The average Bonchev–Trinajstić information content (AvgIpc) is 3.35. The van der Waals surface area contributed by atoms with E-state index in [1.54, 1.807) is 36.1 Å². The molecule has 37 heavy (non-hydrogen) atoms. The lowest BCUT2D eigenvalue weighted by atomic mass is 10.0. The lowest BCUT2D eigenvalue weighted by Gasteiger charge is -2.19. The first kappa shape index (κ1) is 26.2. The lowest BCUT2D eigenvalue weighted by molar-refractivity contribution is -0.0257. The van der Waals surface area contributed by atoms with Crippen molar-refractivity contribution >= 4 is 17.6 Å². The van der Waals surface area contributed by atoms with E-state index in [0.29, 0.717) is 16.7 Å². The summed E-state index contributed by atoms with van der Waals surface area (Å²) in [6.07, 6.45) is 0. The molecule has 1 atom stereocenters. The van der Waals surface area contributed by atoms with Gasteiger partial charge in [0.2, 0.25) is 0 Å². The molecule has 1 aliphatic heterocycles. The van der Waals surface area contributed by atoms with Crippen molar-refractivity contribution in [2.75, 3.05) is 18.8 Å². The van der Waals surface area contributed by atoms with Crippen LogP contribution >= 0.6 is 0 Å². The Morgan fingerprint density at radius 3 is 2.46 bits per heavy atom. The molecule has 1 fully saturated rings. The summed E-state index contributed by atoms with van der Waals surface area (Å²) in [6, 6.07) is 9.21. The fourth-order valence-electron chi connectivity index (χ4n) is 4.47. The molecule has 2 aromatic carbocycles. The number of alkyl halides is 2. The molecule has 0 bridgehead atoms. The molecule has 1 aliphatic rings. The normalized spacial score (nSPS) is 17.3. The summed E-state index contributed by atoms with van der Waals surface area (Å²) < 4.78 is 44.3. The number of carbonyl (C=O) groups excluding carboxylic acids is 2. The quantitative estimate of drug-likeness (QED) is 0.446. The maximum Gasteiger partial charge on any atom is 0.283 e. The molecule has 1 unspecified atom stereocenters. The van der Waals surface area contributed by atoms with Crippen LogP contribution < -0.4 is 16.8 Å². The van der Waals surface area contributed by atoms with Gasteiger partial charge in [-0.15, -0.1) is 0 Å². The number of halogens is 3. The van der Waals surface area contributed by atoms with Gasteiger partial charge in [0.1, 0.15) is 28.9 Å². The topological polar surface area (TPSA) is 119 Å². The minimum absolute atomic E-state index is 0.0254. The molecule has 8 nitrogen and oxygen atoms in total. The van der Waals surface area contributed by atoms with Gasteiger partial charge in [0.05, 0.1) is 6.54 Å². The Hall–Kier alpha value is -3.86. The van der Waals surface area contributed by atoms with E-state index in [2.05, 4.69) is 10.4 Å². The van der Waals surface area contributed by atoms with Gasteiger partial charge in [-0.3, -0.25) is 14.5 Å². The second-order valence-electron chi connectivity index (χ2n) is 9.56. The van der Waals surface area contributed by atoms with Gasteiger partial charge >= 0.3 is 0 Å². The van der Waals surface area contributed by atoms with Crippen molar-refractivity contribution in [1.29, 1.82) is 0 Å². The first-order valence-corrected chi connectivity index (χ1v) is 11.8. The number of aromatic nitrogens is 2. The maximum absolute atomic E-state index is 14.9. The summed E-state index contributed by atoms with van der Waals surface area (Å²) in [5.41, 5.74) is 13.7. The number of amides is 2. The Labute approximate surface area is 212 Å². The van der Waals surface area contributed by atoms with Crippen molar-refractivity contribution in [3.05, 3.63) is 70.5 Å². The van der Waals surface area contributed by atoms with Crippen LogP contribution in [0.25, 0.3) is 11.3 Å². The molecule has 0 spiro atoms. The van der Waals surface area contributed by atoms with Crippen LogP contribution in [0.5, 0.6) is 0 Å². The summed E-state index contributed by atoms with van der Waals surface area (Å²) in [7, 11) is 0. The van der Waals surface area contributed by atoms with Crippen LogP contribution in [-0.4, -0.2) is 51.5 Å². The van der Waals surface area contributed by atoms with Crippen LogP contribution in [-0.2, 0) is 6.54 Å². The van der Waals surface area contributed by atoms with Gasteiger partial charge in [0.15, 0.2) is 0 Å². The number of carbonyl (C=O) groups is 2. The number of hydrogen-bond acceptors (Lipinski definition) is 5. The van der Waals surface area contributed by atoms with Gasteiger partial charge in [0.25, 0.3) is 17.7 Å². The number of nitrogen functional groups attached to an aromatic ring is 1. The molecule has 0 aliphatic carbocycles. The number of likely N-dealkylation sites (tertiary alicyclic amines) is 1. The molecule has 1 saturated heterocycles. The van der Waals surface area contributed by atoms with Gasteiger partial charge in [-0.1, -0.05) is 30.3 Å². The molecule has 2 amide bonds. The summed E-state index contributed by atoms with van der Waals surface area (Å²) in [5.74, 6) is -5.10. The lowest BCUT2D eigenvalue weighted by Crippen LogP contribution is -2.32. The Morgan fingerprint density at radius 1 is 1.19 bits per heavy atom. The number of aryl methyl sites for hydroxylation is 1. The molecule has 11 heteroatoms. The largest absolute Gasteiger partial charge is 0.383 e. The fourth-order valence-corrected chi connectivity index (χ4v) is 4.47. The molecule has 0 radical (unpaired) electrons. The van der Waals surface area contributed by atoms with Gasteiger partial charge in [0, 0.05) is 30.3 Å². The van der Waals surface area contributed by atoms with Crippen LogP contribution in [0.3, 0.4) is 0 Å². The number of anilines is 1. The van der Waals surface area contributed by atoms with Crippen LogP contribution in [0.2, 0.25) is 0 Å². The Bertz CT molecular complexity index is 1340. The van der Waals surface area contributed by atoms with E-state index in [0.717, 1.165) is 4.68 Å².